The average molecular weight is 492 g/mol. The van der Waals surface area contributed by atoms with Gasteiger partial charge in [0.05, 0.1) is 7.05 Å². The summed E-state index contributed by atoms with van der Waals surface area (Å²) in [6.07, 6.45) is 0. The topological polar surface area (TPSA) is 21.9 Å². The molecule has 0 amide bonds. The first kappa shape index (κ1) is 23.5. The van der Waals surface area contributed by atoms with Gasteiger partial charge in [-0.25, -0.2) is 8.96 Å². The predicted octanol–water partition coefficient (Wildman–Crippen LogP) is 8.72. The van der Waals surface area contributed by atoms with Gasteiger partial charge in [-0.05, 0) is 48.6 Å². The molecule has 2 heterocycles. The minimum absolute atomic E-state index is 0.295. The van der Waals surface area contributed by atoms with Gasteiger partial charge < -0.3 is 4.42 Å². The second kappa shape index (κ2) is 8.58. The van der Waals surface area contributed by atoms with E-state index in [1.165, 1.54) is 28.9 Å². The number of imidazole rings is 1. The van der Waals surface area contributed by atoms with Crippen molar-refractivity contribution >= 4 is 33.0 Å². The van der Waals surface area contributed by atoms with E-state index in [1.54, 1.807) is 0 Å². The van der Waals surface area contributed by atoms with Crippen molar-refractivity contribution < 1.29 is 13.4 Å². The first-order valence-corrected chi connectivity index (χ1v) is 13.0. The van der Waals surface area contributed by atoms with Gasteiger partial charge in [0.1, 0.15) is 22.7 Å². The monoisotopic (exact) mass is 491 g/mol. The van der Waals surface area contributed by atoms with E-state index in [2.05, 4.69) is 105 Å². The molecule has 2 aromatic heterocycles. The van der Waals surface area contributed by atoms with Crippen molar-refractivity contribution in [1.29, 1.82) is 0 Å². The number of para-hydroxylation sites is 3. The summed E-state index contributed by atoms with van der Waals surface area (Å²) in [5.74, 6) is 1.45. The molecule has 0 saturated heterocycles. The van der Waals surface area contributed by atoms with Crippen molar-refractivity contribution in [3.8, 4) is 17.1 Å². The van der Waals surface area contributed by atoms with Gasteiger partial charge in [0.25, 0.3) is 5.82 Å². The second-order valence-electron chi connectivity index (χ2n) is 10.7. The number of benzene rings is 4. The Hall–Kier alpha value is -3.92. The van der Waals surface area contributed by atoms with Gasteiger partial charge in [-0.1, -0.05) is 70.2 Å². The minimum atomic E-state index is -0.295. The fourth-order valence-electron chi connectivity index (χ4n) is 5.78. The zero-order valence-electron chi connectivity index (χ0n) is 22.3. The van der Waals surface area contributed by atoms with Crippen molar-refractivity contribution in [1.82, 2.24) is 4.57 Å². The van der Waals surface area contributed by atoms with Gasteiger partial charge in [0.15, 0.2) is 16.6 Å². The number of halogens is 1. The number of aryl methyl sites for hydroxylation is 2. The number of nitrogens with zero attached hydrogens (tertiary/aromatic N) is 2. The molecule has 0 bridgehead atoms. The molecular formula is C33H32FN2O+. The molecule has 0 aliphatic rings. The van der Waals surface area contributed by atoms with Crippen LogP contribution in [0.4, 0.5) is 4.39 Å². The molecule has 4 aromatic carbocycles. The van der Waals surface area contributed by atoms with Crippen LogP contribution in [0.5, 0.6) is 0 Å². The normalized spacial score (nSPS) is 12.1. The molecular weight excluding hydrogens is 459 g/mol. The maximum atomic E-state index is 14.1. The number of fused-ring (bicyclic) bond motifs is 4. The van der Waals surface area contributed by atoms with E-state index in [9.17, 15) is 4.39 Å². The minimum Gasteiger partial charge on any atom is -0.455 e. The summed E-state index contributed by atoms with van der Waals surface area (Å²) in [4.78, 5) is 0. The zero-order chi connectivity index (χ0) is 26.0. The summed E-state index contributed by atoms with van der Waals surface area (Å²) < 4.78 is 25.3. The molecule has 0 atom stereocenters. The van der Waals surface area contributed by atoms with E-state index >= 15 is 0 Å². The lowest BCUT2D eigenvalue weighted by Gasteiger charge is -2.18. The highest BCUT2D eigenvalue weighted by Crippen LogP contribution is 2.41. The molecule has 186 valence electrons. The molecule has 0 aliphatic carbocycles. The number of aromatic nitrogens is 2. The Morgan fingerprint density at radius 1 is 0.811 bits per heavy atom. The van der Waals surface area contributed by atoms with Crippen LogP contribution in [0.1, 0.15) is 56.2 Å². The Bertz CT molecular complexity index is 1790. The Morgan fingerprint density at radius 3 is 2.19 bits per heavy atom. The lowest BCUT2D eigenvalue weighted by atomic mass is 9.92. The van der Waals surface area contributed by atoms with Crippen LogP contribution in [0.3, 0.4) is 0 Å². The summed E-state index contributed by atoms with van der Waals surface area (Å²) in [5.41, 5.74) is 9.64. The van der Waals surface area contributed by atoms with E-state index in [0.29, 0.717) is 17.4 Å². The zero-order valence-corrected chi connectivity index (χ0v) is 22.3. The molecule has 0 unspecified atom stereocenters. The average Bonchev–Trinajstić information content (AvgIpc) is 3.38. The summed E-state index contributed by atoms with van der Waals surface area (Å²) in [7, 11) is 2.13. The molecule has 0 saturated carbocycles. The van der Waals surface area contributed by atoms with Crippen LogP contribution < -0.4 is 4.57 Å². The summed E-state index contributed by atoms with van der Waals surface area (Å²) in [6, 6.07) is 24.3. The van der Waals surface area contributed by atoms with E-state index in [-0.39, 0.29) is 5.82 Å². The molecule has 6 rings (SSSR count). The molecule has 0 aliphatic heterocycles. The van der Waals surface area contributed by atoms with Crippen LogP contribution in [0.2, 0.25) is 0 Å². The highest BCUT2D eigenvalue weighted by molar-refractivity contribution is 6.09. The lowest BCUT2D eigenvalue weighted by molar-refractivity contribution is -0.633. The Kier molecular flexibility index (Phi) is 5.45. The van der Waals surface area contributed by atoms with Crippen LogP contribution >= 0.6 is 0 Å². The van der Waals surface area contributed by atoms with Gasteiger partial charge in [-0.3, -0.25) is 0 Å². The van der Waals surface area contributed by atoms with E-state index in [1.807, 2.05) is 6.07 Å². The molecule has 0 spiro atoms. The number of hydrogen-bond donors (Lipinski definition) is 0. The third-order valence-electron chi connectivity index (χ3n) is 7.62. The Labute approximate surface area is 216 Å². The summed E-state index contributed by atoms with van der Waals surface area (Å²) in [5, 5.41) is 1.92. The van der Waals surface area contributed by atoms with Crippen LogP contribution in [-0.4, -0.2) is 4.57 Å². The van der Waals surface area contributed by atoms with Crippen molar-refractivity contribution in [3.63, 3.8) is 0 Å². The van der Waals surface area contributed by atoms with E-state index < -0.39 is 0 Å². The van der Waals surface area contributed by atoms with Crippen LogP contribution in [0, 0.1) is 12.7 Å². The maximum absolute atomic E-state index is 14.1. The molecule has 37 heavy (non-hydrogen) atoms. The fourth-order valence-corrected chi connectivity index (χ4v) is 5.78. The Morgan fingerprint density at radius 2 is 1.49 bits per heavy atom. The number of furan rings is 1. The van der Waals surface area contributed by atoms with Crippen molar-refractivity contribution in [3.05, 3.63) is 95.3 Å². The quantitative estimate of drug-likeness (QED) is 0.226. The largest absolute Gasteiger partial charge is 0.455 e. The summed E-state index contributed by atoms with van der Waals surface area (Å²) >= 11 is 0. The van der Waals surface area contributed by atoms with E-state index in [0.717, 1.165) is 44.3 Å². The maximum Gasteiger partial charge on any atom is 0.299 e. The van der Waals surface area contributed by atoms with Crippen LogP contribution in [0.15, 0.2) is 77.2 Å². The molecule has 6 aromatic rings. The molecule has 0 N–H and O–H groups in total. The second-order valence-corrected chi connectivity index (χ2v) is 10.7. The molecule has 4 heteroatoms. The van der Waals surface area contributed by atoms with Crippen molar-refractivity contribution in [2.45, 2.75) is 46.5 Å². The van der Waals surface area contributed by atoms with Gasteiger partial charge >= 0.3 is 0 Å². The van der Waals surface area contributed by atoms with Gasteiger partial charge in [0, 0.05) is 28.0 Å². The van der Waals surface area contributed by atoms with Crippen molar-refractivity contribution in [2.75, 3.05) is 0 Å². The van der Waals surface area contributed by atoms with Crippen molar-refractivity contribution in [2.24, 2.45) is 7.05 Å². The number of hydrogen-bond acceptors (Lipinski definition) is 1. The van der Waals surface area contributed by atoms with Gasteiger partial charge in [-0.2, -0.15) is 4.57 Å². The third kappa shape index (κ3) is 3.50. The highest BCUT2D eigenvalue weighted by Gasteiger charge is 2.33. The molecule has 0 radical (unpaired) electrons. The lowest BCUT2D eigenvalue weighted by Crippen LogP contribution is -2.30. The van der Waals surface area contributed by atoms with Crippen LogP contribution in [-0.2, 0) is 7.05 Å². The first-order valence-electron chi connectivity index (χ1n) is 13.0. The predicted molar refractivity (Wildman–Crippen MR) is 150 cm³/mol. The first-order chi connectivity index (χ1) is 17.8. The SMILES string of the molecule is Cc1ccc2c(oc3cc(F)ccc32)c1-c1n(-c2c(C(C)C)cccc2C(C)C)c2ccccc2[n+]1C. The third-order valence-corrected chi connectivity index (χ3v) is 7.62. The fraction of sp³-hybridized carbons (Fsp3) is 0.242. The van der Waals surface area contributed by atoms with E-state index in [4.69, 9.17) is 4.42 Å². The summed E-state index contributed by atoms with van der Waals surface area (Å²) in [6.45, 7) is 11.2. The van der Waals surface area contributed by atoms with Crippen LogP contribution in [0.25, 0.3) is 50.0 Å². The van der Waals surface area contributed by atoms with Gasteiger partial charge in [0.2, 0.25) is 0 Å². The standard InChI is InChI=1S/C33H32FN2O/c1-19(2)23-10-9-11-24(20(3)4)31(23)36-28-13-8-7-12-27(28)35(6)33(36)30-21(5)14-16-26-25-17-15-22(34)18-29(25)37-32(26)30/h7-20H,1-6H3/q+1. The Balaban J connectivity index is 1.83. The highest BCUT2D eigenvalue weighted by atomic mass is 19.1. The molecule has 0 fully saturated rings. The smallest absolute Gasteiger partial charge is 0.299 e. The molecule has 3 nitrogen and oxygen atoms in total. The van der Waals surface area contributed by atoms with Gasteiger partial charge in [-0.15, -0.1) is 0 Å². The number of rotatable bonds is 4.